The molecule has 1 spiro atoms. The second-order valence-corrected chi connectivity index (χ2v) is 8.23. The first-order valence-electron chi connectivity index (χ1n) is 8.69. The van der Waals surface area contributed by atoms with Gasteiger partial charge in [-0.3, -0.25) is 4.99 Å². The van der Waals surface area contributed by atoms with Crippen molar-refractivity contribution in [3.05, 3.63) is 22.4 Å². The van der Waals surface area contributed by atoms with E-state index in [1.165, 1.54) is 50.1 Å². The van der Waals surface area contributed by atoms with E-state index in [1.54, 1.807) is 0 Å². The number of guanidine groups is 1. The Morgan fingerprint density at radius 1 is 1.39 bits per heavy atom. The molecule has 2 aliphatic rings. The van der Waals surface area contributed by atoms with Gasteiger partial charge < -0.3 is 10.2 Å². The first-order chi connectivity index (χ1) is 10.7. The Kier molecular flexibility index (Phi) is 7.19. The lowest BCUT2D eigenvalue weighted by Crippen LogP contribution is -2.42. The Morgan fingerprint density at radius 3 is 2.83 bits per heavy atom. The van der Waals surface area contributed by atoms with Crippen LogP contribution in [0.5, 0.6) is 0 Å². The normalized spacial score (nSPS) is 21.5. The van der Waals surface area contributed by atoms with Crippen LogP contribution in [0.4, 0.5) is 0 Å². The lowest BCUT2D eigenvalue weighted by molar-refractivity contribution is 0.309. The Balaban J connectivity index is 0.00000192. The summed E-state index contributed by atoms with van der Waals surface area (Å²) in [6, 6.07) is 4.38. The first kappa shape index (κ1) is 19.0. The highest BCUT2D eigenvalue weighted by Crippen LogP contribution is 2.45. The Morgan fingerprint density at radius 2 is 2.17 bits per heavy atom. The molecule has 2 heterocycles. The second-order valence-electron chi connectivity index (χ2n) is 7.20. The molecular weight excluding hydrogens is 417 g/mol. The fourth-order valence-corrected chi connectivity index (χ4v) is 4.96. The third-order valence-electron chi connectivity index (χ3n) is 5.35. The number of nitrogens with zero attached hydrogens (tertiary/aromatic N) is 2. The number of likely N-dealkylation sites (tertiary alicyclic amines) is 1. The fourth-order valence-electron chi connectivity index (χ4n) is 4.09. The van der Waals surface area contributed by atoms with Gasteiger partial charge >= 0.3 is 0 Å². The van der Waals surface area contributed by atoms with Crippen molar-refractivity contribution >= 4 is 41.3 Å². The molecule has 0 radical (unpaired) electrons. The molecule has 130 valence electrons. The summed E-state index contributed by atoms with van der Waals surface area (Å²) in [5.74, 6) is 1.75. The molecule has 5 heteroatoms. The van der Waals surface area contributed by atoms with Crippen LogP contribution in [0.1, 0.15) is 43.9 Å². The van der Waals surface area contributed by atoms with Crippen LogP contribution in [0.2, 0.25) is 0 Å². The van der Waals surface area contributed by atoms with Gasteiger partial charge in [-0.15, -0.1) is 35.3 Å². The van der Waals surface area contributed by atoms with Crippen molar-refractivity contribution < 1.29 is 0 Å². The van der Waals surface area contributed by atoms with Gasteiger partial charge in [-0.25, -0.2) is 0 Å². The fraction of sp³-hybridized carbons (Fsp3) is 0.722. The van der Waals surface area contributed by atoms with Gasteiger partial charge in [0.2, 0.25) is 0 Å². The Hall–Kier alpha value is -0.300. The number of hydrogen-bond donors (Lipinski definition) is 1. The van der Waals surface area contributed by atoms with E-state index in [0.29, 0.717) is 11.3 Å². The molecule has 3 rings (SSSR count). The number of thiophene rings is 1. The second kappa shape index (κ2) is 8.70. The first-order valence-corrected chi connectivity index (χ1v) is 9.57. The highest BCUT2D eigenvalue weighted by molar-refractivity contribution is 14.0. The third kappa shape index (κ3) is 4.84. The van der Waals surface area contributed by atoms with Gasteiger partial charge in [0.25, 0.3) is 0 Å². The molecule has 1 N–H and O–H groups in total. The molecule has 23 heavy (non-hydrogen) atoms. The maximum atomic E-state index is 4.53. The molecule has 1 saturated heterocycles. The zero-order valence-electron chi connectivity index (χ0n) is 14.4. The number of rotatable bonds is 4. The molecule has 0 amide bonds. The van der Waals surface area contributed by atoms with E-state index < -0.39 is 0 Å². The molecule has 3 nitrogen and oxygen atoms in total. The van der Waals surface area contributed by atoms with E-state index >= 15 is 0 Å². The van der Waals surface area contributed by atoms with Crippen molar-refractivity contribution in [2.75, 3.05) is 26.7 Å². The zero-order valence-corrected chi connectivity index (χ0v) is 17.5. The minimum Gasteiger partial charge on any atom is -0.356 e. The summed E-state index contributed by atoms with van der Waals surface area (Å²) in [6.45, 7) is 5.72. The van der Waals surface area contributed by atoms with E-state index in [0.717, 1.165) is 18.9 Å². The topological polar surface area (TPSA) is 27.6 Å². The van der Waals surface area contributed by atoms with Crippen LogP contribution in [0.25, 0.3) is 0 Å². The molecule has 1 aromatic rings. The van der Waals surface area contributed by atoms with Crippen molar-refractivity contribution in [2.45, 2.75) is 45.4 Å². The SMILES string of the molecule is CN=C(NCC(C)Cc1cccs1)N1CCC2(CCCC2)C1.I. The lowest BCUT2D eigenvalue weighted by Gasteiger charge is -2.26. The quantitative estimate of drug-likeness (QED) is 0.421. The Labute approximate surface area is 162 Å². The van der Waals surface area contributed by atoms with Crippen molar-refractivity contribution in [1.82, 2.24) is 10.2 Å². The summed E-state index contributed by atoms with van der Waals surface area (Å²) < 4.78 is 0. The molecule has 1 aliphatic carbocycles. The van der Waals surface area contributed by atoms with Gasteiger partial charge in [0, 0.05) is 31.6 Å². The smallest absolute Gasteiger partial charge is 0.193 e. The van der Waals surface area contributed by atoms with Gasteiger partial charge in [0.1, 0.15) is 0 Å². The van der Waals surface area contributed by atoms with Gasteiger partial charge in [0.05, 0.1) is 0 Å². The van der Waals surface area contributed by atoms with Gasteiger partial charge in [-0.1, -0.05) is 25.8 Å². The summed E-state index contributed by atoms with van der Waals surface area (Å²) >= 11 is 1.86. The molecule has 1 unspecified atom stereocenters. The predicted octanol–water partition coefficient (Wildman–Crippen LogP) is 4.39. The number of nitrogens with one attached hydrogen (secondary N) is 1. The van der Waals surface area contributed by atoms with Crippen molar-refractivity contribution in [3.63, 3.8) is 0 Å². The summed E-state index contributed by atoms with van der Waals surface area (Å²) in [4.78, 5) is 8.50. The summed E-state index contributed by atoms with van der Waals surface area (Å²) in [5.41, 5.74) is 0.611. The standard InChI is InChI=1S/C18H29N3S.HI/c1-15(12-16-6-5-11-22-16)13-20-17(19-2)21-10-9-18(14-21)7-3-4-8-18;/h5-6,11,15H,3-4,7-10,12-14H2,1-2H3,(H,19,20);1H. The molecule has 1 aliphatic heterocycles. The van der Waals surface area contributed by atoms with Crippen LogP contribution in [0, 0.1) is 11.3 Å². The number of aliphatic imine (C=N–C) groups is 1. The summed E-state index contributed by atoms with van der Waals surface area (Å²) in [5, 5.41) is 5.78. The van der Waals surface area contributed by atoms with Crippen LogP contribution >= 0.6 is 35.3 Å². The maximum Gasteiger partial charge on any atom is 0.193 e. The highest BCUT2D eigenvalue weighted by atomic mass is 127. The molecule has 1 aromatic heterocycles. The van der Waals surface area contributed by atoms with Crippen molar-refractivity contribution in [3.8, 4) is 0 Å². The van der Waals surface area contributed by atoms with Gasteiger partial charge in [0.15, 0.2) is 5.96 Å². The minimum atomic E-state index is 0. The van der Waals surface area contributed by atoms with Gasteiger partial charge in [-0.05, 0) is 48.5 Å². The molecule has 0 aromatic carbocycles. The summed E-state index contributed by atoms with van der Waals surface area (Å²) in [6.07, 6.45) is 8.23. The van der Waals surface area contributed by atoms with Crippen LogP contribution in [-0.2, 0) is 6.42 Å². The average molecular weight is 447 g/mol. The molecular formula is C18H30IN3S. The van der Waals surface area contributed by atoms with E-state index in [4.69, 9.17) is 0 Å². The van der Waals surface area contributed by atoms with Crippen LogP contribution in [0.3, 0.4) is 0 Å². The van der Waals surface area contributed by atoms with E-state index in [-0.39, 0.29) is 24.0 Å². The van der Waals surface area contributed by atoms with E-state index in [9.17, 15) is 0 Å². The monoisotopic (exact) mass is 447 g/mol. The zero-order chi connectivity index (χ0) is 15.4. The predicted molar refractivity (Wildman–Crippen MR) is 111 cm³/mol. The van der Waals surface area contributed by atoms with Crippen LogP contribution in [-0.4, -0.2) is 37.5 Å². The van der Waals surface area contributed by atoms with Crippen molar-refractivity contribution in [2.24, 2.45) is 16.3 Å². The molecule has 1 saturated carbocycles. The molecule has 1 atom stereocenters. The largest absolute Gasteiger partial charge is 0.356 e. The van der Waals surface area contributed by atoms with Crippen LogP contribution < -0.4 is 5.32 Å². The molecule has 0 bridgehead atoms. The van der Waals surface area contributed by atoms with Crippen molar-refractivity contribution in [1.29, 1.82) is 0 Å². The van der Waals surface area contributed by atoms with E-state index in [1.807, 2.05) is 18.4 Å². The average Bonchev–Trinajstić information content (AvgIpc) is 3.24. The number of hydrogen-bond acceptors (Lipinski definition) is 2. The third-order valence-corrected chi connectivity index (χ3v) is 6.25. The maximum absolute atomic E-state index is 4.53. The lowest BCUT2D eigenvalue weighted by atomic mass is 9.86. The minimum absolute atomic E-state index is 0. The van der Waals surface area contributed by atoms with E-state index in [2.05, 4.69) is 39.6 Å². The van der Waals surface area contributed by atoms with Crippen LogP contribution in [0.15, 0.2) is 22.5 Å². The Bertz CT molecular complexity index is 494. The van der Waals surface area contributed by atoms with Gasteiger partial charge in [-0.2, -0.15) is 0 Å². The number of halogens is 1. The molecule has 2 fully saturated rings. The highest BCUT2D eigenvalue weighted by Gasteiger charge is 2.41. The summed E-state index contributed by atoms with van der Waals surface area (Å²) in [7, 11) is 1.92.